The van der Waals surface area contributed by atoms with Crippen LogP contribution < -0.4 is 21.1 Å². The molecule has 35 heavy (non-hydrogen) atoms. The van der Waals surface area contributed by atoms with E-state index in [-0.39, 0.29) is 5.95 Å². The molecule has 2 fully saturated rings. The van der Waals surface area contributed by atoms with Gasteiger partial charge in [-0.15, -0.1) is 0 Å². The Hall–Kier alpha value is -3.37. The molecule has 2 aromatic heterocycles. The molecule has 2 saturated heterocycles. The highest BCUT2D eigenvalue weighted by Gasteiger charge is 2.29. The molecule has 10 heteroatoms. The summed E-state index contributed by atoms with van der Waals surface area (Å²) in [7, 11) is 5.82. The number of methoxy groups -OCH3 is 1. The third-order valence-corrected chi connectivity index (χ3v) is 7.32. The number of anilines is 3. The zero-order valence-corrected chi connectivity index (χ0v) is 20.8. The minimum atomic E-state index is 0.151. The molecule has 0 radical (unpaired) electrons. The van der Waals surface area contributed by atoms with E-state index in [0.29, 0.717) is 17.4 Å². The van der Waals surface area contributed by atoms with Gasteiger partial charge in [-0.3, -0.25) is 9.58 Å². The smallest absolute Gasteiger partial charge is 0.221 e. The highest BCUT2D eigenvalue weighted by Crippen LogP contribution is 2.43. The Balaban J connectivity index is 1.48. The van der Waals surface area contributed by atoms with Crippen molar-refractivity contribution in [2.24, 2.45) is 7.05 Å². The lowest BCUT2D eigenvalue weighted by molar-refractivity contribution is 0.0982. The SMILES string of the molecule is COc1cc(N2CCC(N3CCN(C)CC3)CC2)c(-c2cnn(C)c2)cc1-c1cnc(N)nc1N. The first-order valence-corrected chi connectivity index (χ1v) is 12.2. The third kappa shape index (κ3) is 4.76. The van der Waals surface area contributed by atoms with Gasteiger partial charge in [-0.05, 0) is 26.0 Å². The second kappa shape index (κ2) is 9.71. The van der Waals surface area contributed by atoms with Crippen molar-refractivity contribution in [3.05, 3.63) is 30.7 Å². The van der Waals surface area contributed by atoms with Gasteiger partial charge in [-0.25, -0.2) is 4.98 Å². The lowest BCUT2D eigenvalue weighted by Crippen LogP contribution is -2.52. The number of hydrogen-bond acceptors (Lipinski definition) is 9. The number of hydrogen-bond donors (Lipinski definition) is 2. The maximum Gasteiger partial charge on any atom is 0.221 e. The van der Waals surface area contributed by atoms with E-state index in [1.165, 1.54) is 0 Å². The van der Waals surface area contributed by atoms with Crippen molar-refractivity contribution in [3.63, 3.8) is 0 Å². The monoisotopic (exact) mass is 477 g/mol. The Labute approximate surface area is 206 Å². The van der Waals surface area contributed by atoms with Crippen LogP contribution in [0.1, 0.15) is 12.8 Å². The van der Waals surface area contributed by atoms with Gasteiger partial charge in [0.2, 0.25) is 5.95 Å². The van der Waals surface area contributed by atoms with Crippen LogP contribution in [0, 0.1) is 0 Å². The molecule has 0 atom stereocenters. The van der Waals surface area contributed by atoms with Crippen LogP contribution >= 0.6 is 0 Å². The number of ether oxygens (including phenoxy) is 1. The van der Waals surface area contributed by atoms with Crippen LogP contribution in [-0.4, -0.2) is 89.0 Å². The van der Waals surface area contributed by atoms with Crippen LogP contribution in [0.2, 0.25) is 0 Å². The molecule has 0 amide bonds. The van der Waals surface area contributed by atoms with Crippen molar-refractivity contribution in [1.29, 1.82) is 0 Å². The van der Waals surface area contributed by atoms with Crippen LogP contribution in [0.25, 0.3) is 22.3 Å². The number of rotatable bonds is 5. The van der Waals surface area contributed by atoms with E-state index in [2.05, 4.69) is 48.9 Å². The molecule has 0 saturated carbocycles. The second-order valence-corrected chi connectivity index (χ2v) is 9.56. The van der Waals surface area contributed by atoms with Gasteiger partial charge in [-0.2, -0.15) is 10.1 Å². The number of likely N-dealkylation sites (N-methyl/N-ethyl adjacent to an activating group) is 1. The summed E-state index contributed by atoms with van der Waals surface area (Å²) in [6.07, 6.45) is 7.89. The summed E-state index contributed by atoms with van der Waals surface area (Å²) < 4.78 is 7.66. The number of nitrogens with zero attached hydrogens (tertiary/aromatic N) is 7. The van der Waals surface area contributed by atoms with Gasteiger partial charge in [0, 0.05) is 98.8 Å². The summed E-state index contributed by atoms with van der Waals surface area (Å²) in [6, 6.07) is 4.88. The molecule has 0 unspecified atom stereocenters. The predicted octanol–water partition coefficient (Wildman–Crippen LogP) is 1.93. The van der Waals surface area contributed by atoms with Crippen molar-refractivity contribution in [3.8, 4) is 28.0 Å². The summed E-state index contributed by atoms with van der Waals surface area (Å²) in [4.78, 5) is 15.9. The van der Waals surface area contributed by atoms with Gasteiger partial charge in [0.05, 0.1) is 13.3 Å². The Morgan fingerprint density at radius 1 is 0.914 bits per heavy atom. The second-order valence-electron chi connectivity index (χ2n) is 9.56. The summed E-state index contributed by atoms with van der Waals surface area (Å²) in [5.41, 5.74) is 16.8. The first-order valence-electron chi connectivity index (χ1n) is 12.2. The zero-order chi connectivity index (χ0) is 24.5. The predicted molar refractivity (Wildman–Crippen MR) is 139 cm³/mol. The fourth-order valence-corrected chi connectivity index (χ4v) is 5.28. The molecule has 4 N–H and O–H groups in total. The summed E-state index contributed by atoms with van der Waals surface area (Å²) in [5, 5.41) is 4.42. The lowest BCUT2D eigenvalue weighted by Gasteiger charge is -2.43. The van der Waals surface area contributed by atoms with E-state index in [9.17, 15) is 0 Å². The van der Waals surface area contributed by atoms with E-state index in [1.807, 2.05) is 24.1 Å². The fourth-order valence-electron chi connectivity index (χ4n) is 5.28. The van der Waals surface area contributed by atoms with Crippen LogP contribution in [0.4, 0.5) is 17.5 Å². The van der Waals surface area contributed by atoms with E-state index in [1.54, 1.807) is 13.3 Å². The van der Waals surface area contributed by atoms with Crippen LogP contribution in [0.5, 0.6) is 5.75 Å². The molecule has 2 aliphatic heterocycles. The van der Waals surface area contributed by atoms with E-state index < -0.39 is 0 Å². The van der Waals surface area contributed by atoms with Crippen molar-refractivity contribution in [2.45, 2.75) is 18.9 Å². The normalized spacial score (nSPS) is 18.2. The summed E-state index contributed by atoms with van der Waals surface area (Å²) >= 11 is 0. The average molecular weight is 478 g/mol. The number of aromatic nitrogens is 4. The van der Waals surface area contributed by atoms with Gasteiger partial charge in [0.25, 0.3) is 0 Å². The first-order chi connectivity index (χ1) is 16.9. The zero-order valence-electron chi connectivity index (χ0n) is 20.8. The molecule has 0 bridgehead atoms. The maximum absolute atomic E-state index is 6.22. The van der Waals surface area contributed by atoms with Gasteiger partial charge in [0.1, 0.15) is 11.6 Å². The topological polar surface area (TPSA) is 115 Å². The van der Waals surface area contributed by atoms with E-state index >= 15 is 0 Å². The molecule has 0 spiro atoms. The first kappa shape index (κ1) is 23.4. The fraction of sp³-hybridized carbons (Fsp3) is 0.480. The highest BCUT2D eigenvalue weighted by molar-refractivity contribution is 5.89. The molecule has 3 aromatic rings. The molecule has 2 aliphatic rings. The highest BCUT2D eigenvalue weighted by atomic mass is 16.5. The Bertz CT molecular complexity index is 1180. The molecule has 1 aromatic carbocycles. The van der Waals surface area contributed by atoms with Crippen LogP contribution in [0.15, 0.2) is 30.7 Å². The standard InChI is InChI=1S/C25H35N9O/c1-31-8-10-33(11-9-31)18-4-6-34(7-5-18)22-13-23(35-3)20(21-15-28-25(27)30-24(21)26)12-19(22)17-14-29-32(2)16-17/h12-16,18H,4-11H2,1-3H3,(H4,26,27,28,30). The van der Waals surface area contributed by atoms with Crippen molar-refractivity contribution in [2.75, 3.05) is 69.8 Å². The Morgan fingerprint density at radius 2 is 1.66 bits per heavy atom. The molecule has 186 valence electrons. The lowest BCUT2D eigenvalue weighted by atomic mass is 9.96. The van der Waals surface area contributed by atoms with Crippen molar-refractivity contribution < 1.29 is 4.74 Å². The minimum absolute atomic E-state index is 0.151. The van der Waals surface area contributed by atoms with Crippen LogP contribution in [0.3, 0.4) is 0 Å². The maximum atomic E-state index is 6.22. The average Bonchev–Trinajstić information content (AvgIpc) is 3.30. The number of piperidine rings is 1. The van der Waals surface area contributed by atoms with Gasteiger partial charge < -0.3 is 26.0 Å². The largest absolute Gasteiger partial charge is 0.496 e. The molecule has 10 nitrogen and oxygen atoms in total. The number of nitrogen functional groups attached to an aromatic ring is 2. The number of piperazine rings is 1. The van der Waals surface area contributed by atoms with Gasteiger partial charge in [0.15, 0.2) is 0 Å². The molecule has 0 aliphatic carbocycles. The number of benzene rings is 1. The minimum Gasteiger partial charge on any atom is -0.496 e. The molecule has 4 heterocycles. The third-order valence-electron chi connectivity index (χ3n) is 7.32. The quantitative estimate of drug-likeness (QED) is 0.569. The summed E-state index contributed by atoms with van der Waals surface area (Å²) in [5.74, 6) is 1.21. The van der Waals surface area contributed by atoms with Gasteiger partial charge in [-0.1, -0.05) is 0 Å². The number of aryl methyl sites for hydroxylation is 1. The molecular weight excluding hydrogens is 442 g/mol. The Morgan fingerprint density at radius 3 is 2.29 bits per heavy atom. The Kier molecular flexibility index (Phi) is 6.48. The van der Waals surface area contributed by atoms with E-state index in [0.717, 1.165) is 80.2 Å². The molecule has 5 rings (SSSR count). The van der Waals surface area contributed by atoms with Crippen molar-refractivity contribution >= 4 is 17.5 Å². The summed E-state index contributed by atoms with van der Waals surface area (Å²) in [6.45, 7) is 6.63. The number of nitrogens with two attached hydrogens (primary N) is 2. The van der Waals surface area contributed by atoms with Crippen molar-refractivity contribution in [1.82, 2.24) is 29.5 Å². The van der Waals surface area contributed by atoms with Gasteiger partial charge >= 0.3 is 0 Å². The van der Waals surface area contributed by atoms with E-state index in [4.69, 9.17) is 16.2 Å². The molecular formula is C25H35N9O. The van der Waals surface area contributed by atoms with Crippen LogP contribution in [-0.2, 0) is 7.05 Å².